The van der Waals surface area contributed by atoms with Crippen LogP contribution in [0.15, 0.2) is 48.7 Å². The molecule has 110 valence electrons. The van der Waals surface area contributed by atoms with Crippen molar-refractivity contribution >= 4 is 0 Å². The van der Waals surface area contributed by atoms with Crippen molar-refractivity contribution in [2.75, 3.05) is 0 Å². The largest absolute Gasteiger partial charge is 0.327 e. The lowest BCUT2D eigenvalue weighted by Gasteiger charge is -2.47. The number of hydrogen-bond acceptors (Lipinski definition) is 2. The zero-order valence-electron chi connectivity index (χ0n) is 12.8. The highest BCUT2D eigenvalue weighted by molar-refractivity contribution is 5.31. The van der Waals surface area contributed by atoms with Crippen molar-refractivity contribution in [2.45, 2.75) is 50.5 Å². The molecule has 0 amide bonds. The third-order valence-corrected chi connectivity index (χ3v) is 5.03. The van der Waals surface area contributed by atoms with Crippen molar-refractivity contribution in [3.05, 3.63) is 65.5 Å². The zero-order chi connectivity index (χ0) is 14.7. The molecule has 1 heterocycles. The van der Waals surface area contributed by atoms with Crippen LogP contribution in [0, 0.1) is 0 Å². The summed E-state index contributed by atoms with van der Waals surface area (Å²) in [5, 5.41) is 0. The number of nitrogens with zero attached hydrogens (tertiary/aromatic N) is 1. The van der Waals surface area contributed by atoms with Crippen molar-refractivity contribution in [2.24, 2.45) is 5.73 Å². The molecule has 0 bridgehead atoms. The molecule has 2 heteroatoms. The molecule has 3 rings (SSSR count). The topological polar surface area (TPSA) is 38.9 Å². The van der Waals surface area contributed by atoms with Gasteiger partial charge in [-0.25, -0.2) is 0 Å². The normalized spacial score (nSPS) is 18.0. The fourth-order valence-electron chi connectivity index (χ4n) is 3.41. The summed E-state index contributed by atoms with van der Waals surface area (Å²) in [7, 11) is 0. The first-order valence-corrected chi connectivity index (χ1v) is 7.99. The van der Waals surface area contributed by atoms with Crippen molar-refractivity contribution < 1.29 is 0 Å². The van der Waals surface area contributed by atoms with Crippen LogP contribution in [-0.2, 0) is 18.3 Å². The van der Waals surface area contributed by atoms with E-state index in [1.807, 2.05) is 6.20 Å². The fourth-order valence-corrected chi connectivity index (χ4v) is 3.41. The van der Waals surface area contributed by atoms with Crippen molar-refractivity contribution in [1.82, 2.24) is 4.98 Å². The molecule has 2 aromatic rings. The van der Waals surface area contributed by atoms with E-state index in [9.17, 15) is 0 Å². The van der Waals surface area contributed by atoms with Gasteiger partial charge in [-0.1, -0.05) is 49.7 Å². The maximum Gasteiger partial charge on any atom is 0.0419 e. The molecular weight excluding hydrogens is 256 g/mol. The zero-order valence-corrected chi connectivity index (χ0v) is 12.8. The van der Waals surface area contributed by atoms with E-state index < -0.39 is 0 Å². The smallest absolute Gasteiger partial charge is 0.0419 e. The SMILES string of the molecule is CCc1ccc(CC(N)C2(c3ccccc3)CCC2)nc1. The first-order valence-electron chi connectivity index (χ1n) is 7.99. The lowest BCUT2D eigenvalue weighted by molar-refractivity contribution is 0.193. The monoisotopic (exact) mass is 280 g/mol. The van der Waals surface area contributed by atoms with E-state index in [0.717, 1.165) is 18.5 Å². The Hall–Kier alpha value is -1.67. The lowest BCUT2D eigenvalue weighted by Crippen LogP contribution is -2.51. The molecule has 2 N–H and O–H groups in total. The van der Waals surface area contributed by atoms with Crippen LogP contribution in [-0.4, -0.2) is 11.0 Å². The first kappa shape index (κ1) is 14.3. The molecule has 21 heavy (non-hydrogen) atoms. The predicted octanol–water partition coefficient (Wildman–Crippen LogP) is 3.64. The van der Waals surface area contributed by atoms with Gasteiger partial charge in [-0.15, -0.1) is 0 Å². The highest BCUT2D eigenvalue weighted by Gasteiger charge is 2.43. The van der Waals surface area contributed by atoms with Gasteiger partial charge in [-0.3, -0.25) is 4.98 Å². The van der Waals surface area contributed by atoms with Crippen molar-refractivity contribution in [3.63, 3.8) is 0 Å². The average Bonchev–Trinajstić information content (AvgIpc) is 2.48. The summed E-state index contributed by atoms with van der Waals surface area (Å²) < 4.78 is 0. The summed E-state index contributed by atoms with van der Waals surface area (Å²) in [5.41, 5.74) is 10.6. The van der Waals surface area contributed by atoms with E-state index in [1.165, 1.54) is 30.4 Å². The molecule has 1 aliphatic rings. The molecule has 2 nitrogen and oxygen atoms in total. The molecule has 0 saturated heterocycles. The van der Waals surface area contributed by atoms with E-state index in [1.54, 1.807) is 0 Å². The Kier molecular flexibility index (Phi) is 4.07. The number of hydrogen-bond donors (Lipinski definition) is 1. The van der Waals surface area contributed by atoms with Crippen LogP contribution < -0.4 is 5.73 Å². The maximum atomic E-state index is 6.61. The Labute approximate surface area is 127 Å². The fraction of sp³-hybridized carbons (Fsp3) is 0.421. The molecule has 1 atom stereocenters. The predicted molar refractivity (Wildman–Crippen MR) is 87.3 cm³/mol. The molecule has 1 fully saturated rings. The summed E-state index contributed by atoms with van der Waals surface area (Å²) >= 11 is 0. The Morgan fingerprint density at radius 2 is 1.90 bits per heavy atom. The average molecular weight is 280 g/mol. The van der Waals surface area contributed by atoms with Gasteiger partial charge in [0.25, 0.3) is 0 Å². The van der Waals surface area contributed by atoms with Gasteiger partial charge in [0.2, 0.25) is 0 Å². The van der Waals surface area contributed by atoms with Crippen molar-refractivity contribution in [3.8, 4) is 0 Å². The summed E-state index contributed by atoms with van der Waals surface area (Å²) in [6, 6.07) is 15.2. The van der Waals surface area contributed by atoms with Gasteiger partial charge in [0, 0.05) is 29.8 Å². The van der Waals surface area contributed by atoms with Crippen LogP contribution in [0.3, 0.4) is 0 Å². The third-order valence-electron chi connectivity index (χ3n) is 5.03. The maximum absolute atomic E-state index is 6.61. The molecule has 1 unspecified atom stereocenters. The minimum Gasteiger partial charge on any atom is -0.327 e. The number of benzene rings is 1. The quantitative estimate of drug-likeness (QED) is 0.908. The number of nitrogens with two attached hydrogens (primary N) is 1. The molecule has 0 radical (unpaired) electrons. The van der Waals surface area contributed by atoms with Gasteiger partial charge in [-0.05, 0) is 36.5 Å². The molecular formula is C19H24N2. The molecule has 1 aromatic carbocycles. The standard InChI is InChI=1S/C19H24N2/c1-2-15-9-10-17(21-14-15)13-18(20)19(11-6-12-19)16-7-4-3-5-8-16/h3-5,7-10,14,18H,2,6,11-13,20H2,1H3. The second-order valence-corrected chi connectivity index (χ2v) is 6.20. The van der Waals surface area contributed by atoms with E-state index in [0.29, 0.717) is 0 Å². The Balaban J connectivity index is 1.78. The van der Waals surface area contributed by atoms with E-state index in [4.69, 9.17) is 5.73 Å². The summed E-state index contributed by atoms with van der Waals surface area (Å²) in [4.78, 5) is 4.58. The molecule has 1 aromatic heterocycles. The highest BCUT2D eigenvalue weighted by atomic mass is 14.8. The lowest BCUT2D eigenvalue weighted by atomic mass is 9.59. The highest BCUT2D eigenvalue weighted by Crippen LogP contribution is 2.46. The number of rotatable bonds is 5. The Morgan fingerprint density at radius 3 is 2.43 bits per heavy atom. The second kappa shape index (κ2) is 5.98. The van der Waals surface area contributed by atoms with Gasteiger partial charge in [-0.2, -0.15) is 0 Å². The van der Waals surface area contributed by atoms with Gasteiger partial charge < -0.3 is 5.73 Å². The summed E-state index contributed by atoms with van der Waals surface area (Å²) in [6.07, 6.45) is 7.56. The van der Waals surface area contributed by atoms with E-state index >= 15 is 0 Å². The molecule has 0 aliphatic heterocycles. The number of pyridine rings is 1. The third kappa shape index (κ3) is 2.73. The molecule has 0 spiro atoms. The minimum absolute atomic E-state index is 0.147. The first-order chi connectivity index (χ1) is 10.2. The van der Waals surface area contributed by atoms with Crippen LogP contribution >= 0.6 is 0 Å². The number of aryl methyl sites for hydroxylation is 1. The van der Waals surface area contributed by atoms with Gasteiger partial charge in [0.05, 0.1) is 0 Å². The molecule has 1 aliphatic carbocycles. The van der Waals surface area contributed by atoms with E-state index in [-0.39, 0.29) is 11.5 Å². The number of aromatic nitrogens is 1. The second-order valence-electron chi connectivity index (χ2n) is 6.20. The van der Waals surface area contributed by atoms with Crippen molar-refractivity contribution in [1.29, 1.82) is 0 Å². The van der Waals surface area contributed by atoms with Gasteiger partial charge in [0.1, 0.15) is 0 Å². The summed E-state index contributed by atoms with van der Waals surface area (Å²) in [6.45, 7) is 2.15. The van der Waals surface area contributed by atoms with E-state index in [2.05, 4.69) is 54.4 Å². The van der Waals surface area contributed by atoms with Crippen LogP contribution in [0.4, 0.5) is 0 Å². The Morgan fingerprint density at radius 1 is 1.14 bits per heavy atom. The van der Waals surface area contributed by atoms with Gasteiger partial charge >= 0.3 is 0 Å². The molecule has 1 saturated carbocycles. The Bertz CT molecular complexity index is 570. The van der Waals surface area contributed by atoms with Gasteiger partial charge in [0.15, 0.2) is 0 Å². The van der Waals surface area contributed by atoms with Crippen LogP contribution in [0.5, 0.6) is 0 Å². The minimum atomic E-state index is 0.147. The van der Waals surface area contributed by atoms with Crippen LogP contribution in [0.2, 0.25) is 0 Å². The van der Waals surface area contributed by atoms with Crippen LogP contribution in [0.1, 0.15) is 43.0 Å². The van der Waals surface area contributed by atoms with Crippen LogP contribution in [0.25, 0.3) is 0 Å². The summed E-state index contributed by atoms with van der Waals surface area (Å²) in [5.74, 6) is 0.